The minimum atomic E-state index is -0.870. The quantitative estimate of drug-likeness (QED) is 0.938. The molecule has 100 valence electrons. The second kappa shape index (κ2) is 5.44. The monoisotopic (exact) mass is 324 g/mol. The summed E-state index contributed by atoms with van der Waals surface area (Å²) in [5.74, 6) is -0.129. The Morgan fingerprint density at radius 3 is 2.79 bits per heavy atom. The van der Waals surface area contributed by atoms with Gasteiger partial charge in [0.1, 0.15) is 5.75 Å². The molecule has 0 radical (unpaired) electrons. The van der Waals surface area contributed by atoms with E-state index in [-0.39, 0.29) is 6.42 Å². The van der Waals surface area contributed by atoms with Crippen LogP contribution in [0.5, 0.6) is 5.75 Å². The van der Waals surface area contributed by atoms with Crippen LogP contribution in [0.4, 0.5) is 0 Å². The van der Waals surface area contributed by atoms with E-state index in [1.54, 1.807) is 24.9 Å². The summed E-state index contributed by atoms with van der Waals surface area (Å²) in [6.07, 6.45) is -0.0408. The number of benzene rings is 1. The van der Waals surface area contributed by atoms with Crippen molar-refractivity contribution in [2.75, 3.05) is 7.11 Å². The molecule has 0 unspecified atom stereocenters. The van der Waals surface area contributed by atoms with Gasteiger partial charge in [-0.15, -0.1) is 0 Å². The van der Waals surface area contributed by atoms with E-state index in [1.807, 2.05) is 18.2 Å². The molecule has 0 fully saturated rings. The first kappa shape index (κ1) is 13.6. The van der Waals surface area contributed by atoms with E-state index >= 15 is 0 Å². The summed E-state index contributed by atoms with van der Waals surface area (Å²) in [5, 5.41) is 13.1. The van der Waals surface area contributed by atoms with Crippen LogP contribution < -0.4 is 4.74 Å². The Morgan fingerprint density at radius 1 is 1.47 bits per heavy atom. The summed E-state index contributed by atoms with van der Waals surface area (Å²) >= 11 is 3.42. The van der Waals surface area contributed by atoms with Gasteiger partial charge in [0.2, 0.25) is 0 Å². The number of nitrogens with zero attached hydrogens (tertiary/aromatic N) is 2. The molecule has 2 aromatic rings. The van der Waals surface area contributed by atoms with Crippen molar-refractivity contribution in [1.29, 1.82) is 0 Å². The van der Waals surface area contributed by atoms with Crippen molar-refractivity contribution in [3.8, 4) is 17.0 Å². The first-order valence-electron chi connectivity index (χ1n) is 5.60. The lowest BCUT2D eigenvalue weighted by atomic mass is 10.1. The number of hydrogen-bond acceptors (Lipinski definition) is 3. The highest BCUT2D eigenvalue weighted by molar-refractivity contribution is 9.10. The van der Waals surface area contributed by atoms with Gasteiger partial charge in [-0.05, 0) is 40.2 Å². The highest BCUT2D eigenvalue weighted by Crippen LogP contribution is 2.30. The van der Waals surface area contributed by atoms with Crippen molar-refractivity contribution in [3.05, 3.63) is 34.4 Å². The second-order valence-electron chi connectivity index (χ2n) is 4.06. The fourth-order valence-corrected chi connectivity index (χ4v) is 2.33. The summed E-state index contributed by atoms with van der Waals surface area (Å²) < 4.78 is 7.58. The summed E-state index contributed by atoms with van der Waals surface area (Å²) in [4.78, 5) is 10.7. The molecule has 1 heterocycles. The minimum Gasteiger partial charge on any atom is -0.496 e. The molecule has 0 aliphatic heterocycles. The van der Waals surface area contributed by atoms with Crippen molar-refractivity contribution in [2.24, 2.45) is 7.05 Å². The Balaban J connectivity index is 2.37. The number of carbonyl (C=O) groups is 1. The van der Waals surface area contributed by atoms with Gasteiger partial charge in [-0.2, -0.15) is 5.10 Å². The molecule has 0 aliphatic carbocycles. The first-order valence-corrected chi connectivity index (χ1v) is 6.39. The Labute approximate surface area is 118 Å². The molecular formula is C13H13BrN2O3. The summed E-state index contributed by atoms with van der Waals surface area (Å²) in [5.41, 5.74) is 2.30. The highest BCUT2D eigenvalue weighted by Gasteiger charge is 2.11. The topological polar surface area (TPSA) is 64.3 Å². The molecule has 19 heavy (non-hydrogen) atoms. The predicted molar refractivity (Wildman–Crippen MR) is 74.2 cm³/mol. The van der Waals surface area contributed by atoms with Gasteiger partial charge in [0, 0.05) is 18.3 Å². The van der Waals surface area contributed by atoms with Crippen LogP contribution in [0, 0.1) is 0 Å². The van der Waals surface area contributed by atoms with Gasteiger partial charge in [0.05, 0.1) is 23.7 Å². The number of aliphatic carboxylic acids is 1. The third-order valence-corrected chi connectivity index (χ3v) is 3.38. The second-order valence-corrected chi connectivity index (χ2v) is 4.92. The van der Waals surface area contributed by atoms with E-state index in [0.717, 1.165) is 21.5 Å². The number of rotatable bonds is 4. The van der Waals surface area contributed by atoms with Gasteiger partial charge in [-0.25, -0.2) is 0 Å². The molecule has 1 aromatic carbocycles. The number of ether oxygens (including phenoxy) is 1. The molecule has 1 aromatic heterocycles. The highest BCUT2D eigenvalue weighted by atomic mass is 79.9. The Kier molecular flexibility index (Phi) is 3.90. The van der Waals surface area contributed by atoms with Crippen molar-refractivity contribution in [2.45, 2.75) is 6.42 Å². The van der Waals surface area contributed by atoms with E-state index in [0.29, 0.717) is 5.69 Å². The van der Waals surface area contributed by atoms with Crippen molar-refractivity contribution >= 4 is 21.9 Å². The molecule has 6 heteroatoms. The van der Waals surface area contributed by atoms with Crippen LogP contribution in [0.2, 0.25) is 0 Å². The van der Waals surface area contributed by atoms with Crippen molar-refractivity contribution < 1.29 is 14.6 Å². The Bertz CT molecular complexity index is 622. The average Bonchev–Trinajstić information content (AvgIpc) is 2.70. The zero-order chi connectivity index (χ0) is 14.0. The van der Waals surface area contributed by atoms with Gasteiger partial charge >= 0.3 is 5.97 Å². The number of methoxy groups -OCH3 is 1. The van der Waals surface area contributed by atoms with Gasteiger partial charge in [-0.1, -0.05) is 0 Å². The molecule has 0 saturated heterocycles. The van der Waals surface area contributed by atoms with E-state index in [9.17, 15) is 4.79 Å². The minimum absolute atomic E-state index is 0.0408. The lowest BCUT2D eigenvalue weighted by Crippen LogP contribution is -2.05. The summed E-state index contributed by atoms with van der Waals surface area (Å²) in [6.45, 7) is 0. The maximum Gasteiger partial charge on any atom is 0.309 e. The van der Waals surface area contributed by atoms with E-state index in [4.69, 9.17) is 9.84 Å². The van der Waals surface area contributed by atoms with Crippen LogP contribution in [0.3, 0.4) is 0 Å². The fourth-order valence-electron chi connectivity index (χ4n) is 1.79. The smallest absolute Gasteiger partial charge is 0.309 e. The molecule has 0 spiro atoms. The molecule has 0 amide bonds. The standard InChI is InChI=1S/C13H13BrN2O3/c1-16-9(7-13(17)18)6-11(15-16)8-3-4-12(19-2)10(14)5-8/h3-6H,7H2,1-2H3,(H,17,18). The maximum absolute atomic E-state index is 10.7. The third kappa shape index (κ3) is 2.96. The predicted octanol–water partition coefficient (Wildman–Crippen LogP) is 2.49. The largest absolute Gasteiger partial charge is 0.496 e. The summed E-state index contributed by atoms with van der Waals surface area (Å²) in [6, 6.07) is 7.40. The zero-order valence-electron chi connectivity index (χ0n) is 10.6. The van der Waals surface area contributed by atoms with Crippen LogP contribution in [-0.2, 0) is 18.3 Å². The van der Waals surface area contributed by atoms with Gasteiger partial charge in [-0.3, -0.25) is 9.48 Å². The van der Waals surface area contributed by atoms with Crippen LogP contribution in [-0.4, -0.2) is 28.0 Å². The molecule has 0 saturated carbocycles. The van der Waals surface area contributed by atoms with Crippen LogP contribution in [0.1, 0.15) is 5.69 Å². The molecule has 0 bridgehead atoms. The number of hydrogen-bond donors (Lipinski definition) is 1. The van der Waals surface area contributed by atoms with Crippen LogP contribution in [0.15, 0.2) is 28.7 Å². The molecule has 2 rings (SSSR count). The van der Waals surface area contributed by atoms with Gasteiger partial charge in [0.25, 0.3) is 0 Å². The number of carboxylic acids is 1. The van der Waals surface area contributed by atoms with E-state index in [2.05, 4.69) is 21.0 Å². The van der Waals surface area contributed by atoms with Gasteiger partial charge in [0.15, 0.2) is 0 Å². The van der Waals surface area contributed by atoms with Crippen molar-refractivity contribution in [3.63, 3.8) is 0 Å². The number of carboxylic acid groups (broad SMARTS) is 1. The zero-order valence-corrected chi connectivity index (χ0v) is 12.1. The third-order valence-electron chi connectivity index (χ3n) is 2.76. The number of aryl methyl sites for hydroxylation is 1. The SMILES string of the molecule is COc1ccc(-c2cc(CC(=O)O)n(C)n2)cc1Br. The average molecular weight is 325 g/mol. The Morgan fingerprint density at radius 2 is 2.21 bits per heavy atom. The lowest BCUT2D eigenvalue weighted by Gasteiger charge is -2.04. The van der Waals surface area contributed by atoms with E-state index in [1.165, 1.54) is 0 Å². The Hall–Kier alpha value is -1.82. The lowest BCUT2D eigenvalue weighted by molar-refractivity contribution is -0.136. The molecule has 0 atom stereocenters. The molecule has 5 nitrogen and oxygen atoms in total. The first-order chi connectivity index (χ1) is 9.01. The van der Waals surface area contributed by atoms with Crippen LogP contribution >= 0.6 is 15.9 Å². The fraction of sp³-hybridized carbons (Fsp3) is 0.231. The molecule has 1 N–H and O–H groups in total. The molecule has 0 aliphatic rings. The van der Waals surface area contributed by atoms with Crippen LogP contribution in [0.25, 0.3) is 11.3 Å². The van der Waals surface area contributed by atoms with Gasteiger partial charge < -0.3 is 9.84 Å². The van der Waals surface area contributed by atoms with E-state index < -0.39 is 5.97 Å². The maximum atomic E-state index is 10.7. The van der Waals surface area contributed by atoms with Crippen molar-refractivity contribution in [1.82, 2.24) is 9.78 Å². The number of halogens is 1. The normalized spacial score (nSPS) is 10.5. The molecular weight excluding hydrogens is 312 g/mol. The number of aromatic nitrogens is 2. The summed E-state index contributed by atoms with van der Waals surface area (Å²) in [7, 11) is 3.34.